The zero-order valence-corrected chi connectivity index (χ0v) is 14.1. The maximum absolute atomic E-state index is 5.63. The van der Waals surface area contributed by atoms with Gasteiger partial charge < -0.3 is 4.74 Å². The molecular weight excluding hydrogens is 282 g/mol. The van der Waals surface area contributed by atoms with Crippen molar-refractivity contribution in [2.75, 3.05) is 6.61 Å². The van der Waals surface area contributed by atoms with E-state index in [2.05, 4.69) is 42.8 Å². The van der Waals surface area contributed by atoms with Crippen LogP contribution in [0.15, 0.2) is 55.3 Å². The first kappa shape index (κ1) is 17.3. The third kappa shape index (κ3) is 5.90. The Bertz CT molecular complexity index is 572. The summed E-state index contributed by atoms with van der Waals surface area (Å²) in [7, 11) is 0. The number of hydrogen-bond donors (Lipinski definition) is 0. The van der Waals surface area contributed by atoms with Crippen LogP contribution in [-0.2, 0) is 6.42 Å². The molecule has 0 aliphatic carbocycles. The van der Waals surface area contributed by atoms with Gasteiger partial charge in [-0.2, -0.15) is 0 Å². The molecule has 0 radical (unpaired) electrons. The molecule has 0 N–H and O–H groups in total. The first-order valence-corrected chi connectivity index (χ1v) is 8.62. The van der Waals surface area contributed by atoms with Gasteiger partial charge in [-0.05, 0) is 43.0 Å². The van der Waals surface area contributed by atoms with Crippen LogP contribution in [0, 0.1) is 0 Å². The Morgan fingerprint density at radius 2 is 1.78 bits per heavy atom. The lowest BCUT2D eigenvalue weighted by Crippen LogP contribution is -1.95. The van der Waals surface area contributed by atoms with Crippen LogP contribution in [0.1, 0.15) is 44.7 Å². The number of benzene rings is 1. The van der Waals surface area contributed by atoms with Crippen LogP contribution in [-0.4, -0.2) is 11.6 Å². The summed E-state index contributed by atoms with van der Waals surface area (Å²) in [4.78, 5) is 4.59. The van der Waals surface area contributed by atoms with Crippen molar-refractivity contribution in [1.82, 2.24) is 4.98 Å². The second-order valence-corrected chi connectivity index (χ2v) is 5.80. The molecule has 2 aromatic rings. The lowest BCUT2D eigenvalue weighted by molar-refractivity contribution is 0.325. The quantitative estimate of drug-likeness (QED) is 0.407. The van der Waals surface area contributed by atoms with Crippen molar-refractivity contribution in [3.63, 3.8) is 0 Å². The van der Waals surface area contributed by atoms with Crippen molar-refractivity contribution in [3.05, 3.63) is 60.9 Å². The van der Waals surface area contributed by atoms with Gasteiger partial charge in [-0.25, -0.2) is 0 Å². The van der Waals surface area contributed by atoms with Crippen LogP contribution in [0.3, 0.4) is 0 Å². The fraction of sp³-hybridized carbons (Fsp3) is 0.381. The molecule has 1 aromatic carbocycles. The molecule has 0 fully saturated rings. The molecule has 1 heterocycles. The predicted octanol–water partition coefficient (Wildman–Crippen LogP) is 5.83. The van der Waals surface area contributed by atoms with E-state index < -0.39 is 0 Å². The average molecular weight is 309 g/mol. The molecule has 1 aromatic heterocycles. The normalized spacial score (nSPS) is 10.5. The standard InChI is InChI=1S/C21H27NO/c1-3-5-7-8-9-20-13-10-19(17-22-20)18-11-14-21(15-12-18)23-16-6-4-2/h4,10-15,17H,2-3,5-9,16H2,1H3. The zero-order valence-electron chi connectivity index (χ0n) is 14.1. The molecule has 0 unspecified atom stereocenters. The van der Waals surface area contributed by atoms with E-state index in [-0.39, 0.29) is 0 Å². The highest BCUT2D eigenvalue weighted by atomic mass is 16.5. The fourth-order valence-corrected chi connectivity index (χ4v) is 2.48. The summed E-state index contributed by atoms with van der Waals surface area (Å²) >= 11 is 0. The van der Waals surface area contributed by atoms with E-state index in [1.54, 1.807) is 0 Å². The summed E-state index contributed by atoms with van der Waals surface area (Å²) in [6, 6.07) is 12.5. The summed E-state index contributed by atoms with van der Waals surface area (Å²) < 4.78 is 5.63. The SMILES string of the molecule is C=CCCOc1ccc(-c2ccc(CCCCCC)nc2)cc1. The van der Waals surface area contributed by atoms with Crippen LogP contribution < -0.4 is 4.74 Å². The third-order valence-electron chi connectivity index (χ3n) is 3.89. The molecule has 0 atom stereocenters. The van der Waals surface area contributed by atoms with E-state index in [4.69, 9.17) is 4.74 Å². The molecule has 0 saturated heterocycles. The predicted molar refractivity (Wildman–Crippen MR) is 97.8 cm³/mol. The van der Waals surface area contributed by atoms with Crippen LogP contribution in [0.2, 0.25) is 0 Å². The first-order chi connectivity index (χ1) is 11.3. The van der Waals surface area contributed by atoms with Crippen molar-refractivity contribution in [2.24, 2.45) is 0 Å². The summed E-state index contributed by atoms with van der Waals surface area (Å²) in [5.74, 6) is 0.899. The maximum Gasteiger partial charge on any atom is 0.119 e. The van der Waals surface area contributed by atoms with Crippen LogP contribution in [0.5, 0.6) is 5.75 Å². The van der Waals surface area contributed by atoms with Gasteiger partial charge in [0.15, 0.2) is 0 Å². The number of nitrogens with zero attached hydrogens (tertiary/aromatic N) is 1. The van der Waals surface area contributed by atoms with E-state index in [0.29, 0.717) is 6.61 Å². The Morgan fingerprint density at radius 3 is 2.43 bits per heavy atom. The lowest BCUT2D eigenvalue weighted by atomic mass is 10.1. The van der Waals surface area contributed by atoms with Crippen LogP contribution >= 0.6 is 0 Å². The summed E-state index contributed by atoms with van der Waals surface area (Å²) in [6.07, 6.45) is 10.9. The molecule has 23 heavy (non-hydrogen) atoms. The number of hydrogen-bond acceptors (Lipinski definition) is 2. The molecule has 122 valence electrons. The number of pyridine rings is 1. The highest BCUT2D eigenvalue weighted by Crippen LogP contribution is 2.22. The summed E-state index contributed by atoms with van der Waals surface area (Å²) in [5.41, 5.74) is 3.51. The number of aromatic nitrogens is 1. The van der Waals surface area contributed by atoms with E-state index in [1.165, 1.54) is 36.9 Å². The van der Waals surface area contributed by atoms with Gasteiger partial charge in [-0.1, -0.05) is 50.5 Å². The largest absolute Gasteiger partial charge is 0.493 e. The Hall–Kier alpha value is -2.09. The van der Waals surface area contributed by atoms with Gasteiger partial charge in [-0.3, -0.25) is 4.98 Å². The fourth-order valence-electron chi connectivity index (χ4n) is 2.48. The minimum Gasteiger partial charge on any atom is -0.493 e. The van der Waals surface area contributed by atoms with E-state index in [9.17, 15) is 0 Å². The van der Waals surface area contributed by atoms with Gasteiger partial charge in [0.1, 0.15) is 5.75 Å². The van der Waals surface area contributed by atoms with Crippen LogP contribution in [0.4, 0.5) is 0 Å². The molecule has 2 nitrogen and oxygen atoms in total. The van der Waals surface area contributed by atoms with Gasteiger partial charge in [0.25, 0.3) is 0 Å². The monoisotopic (exact) mass is 309 g/mol. The summed E-state index contributed by atoms with van der Waals surface area (Å²) in [5, 5.41) is 0. The minimum absolute atomic E-state index is 0.678. The van der Waals surface area contributed by atoms with Gasteiger partial charge >= 0.3 is 0 Å². The highest BCUT2D eigenvalue weighted by molar-refractivity contribution is 5.63. The Balaban J connectivity index is 1.89. The molecule has 2 heteroatoms. The minimum atomic E-state index is 0.678. The number of unbranched alkanes of at least 4 members (excludes halogenated alkanes) is 3. The van der Waals surface area contributed by atoms with Crippen molar-refractivity contribution >= 4 is 0 Å². The molecule has 0 spiro atoms. The number of ether oxygens (including phenoxy) is 1. The van der Waals surface area contributed by atoms with Crippen molar-refractivity contribution in [2.45, 2.75) is 45.4 Å². The molecule has 0 aliphatic rings. The van der Waals surface area contributed by atoms with Gasteiger partial charge in [0.05, 0.1) is 6.61 Å². The first-order valence-electron chi connectivity index (χ1n) is 8.62. The Kier molecular flexibility index (Phi) is 7.38. The molecule has 0 aliphatic heterocycles. The highest BCUT2D eigenvalue weighted by Gasteiger charge is 2.01. The molecular formula is C21H27NO. The summed E-state index contributed by atoms with van der Waals surface area (Å²) in [6.45, 7) is 6.61. The molecule has 0 bridgehead atoms. The van der Waals surface area contributed by atoms with E-state index in [0.717, 1.165) is 24.2 Å². The van der Waals surface area contributed by atoms with Gasteiger partial charge in [0.2, 0.25) is 0 Å². The van der Waals surface area contributed by atoms with Gasteiger partial charge in [-0.15, -0.1) is 6.58 Å². The van der Waals surface area contributed by atoms with Crippen molar-refractivity contribution in [1.29, 1.82) is 0 Å². The number of rotatable bonds is 10. The smallest absolute Gasteiger partial charge is 0.119 e. The lowest BCUT2D eigenvalue weighted by Gasteiger charge is -2.07. The maximum atomic E-state index is 5.63. The Morgan fingerprint density at radius 1 is 1.00 bits per heavy atom. The topological polar surface area (TPSA) is 22.1 Å². The average Bonchev–Trinajstić information content (AvgIpc) is 2.60. The van der Waals surface area contributed by atoms with E-state index in [1.807, 2.05) is 24.4 Å². The van der Waals surface area contributed by atoms with Crippen molar-refractivity contribution in [3.8, 4) is 16.9 Å². The molecule has 0 amide bonds. The molecule has 2 rings (SSSR count). The van der Waals surface area contributed by atoms with Gasteiger partial charge in [0, 0.05) is 17.5 Å². The third-order valence-corrected chi connectivity index (χ3v) is 3.89. The number of aryl methyl sites for hydroxylation is 1. The molecule has 0 saturated carbocycles. The second-order valence-electron chi connectivity index (χ2n) is 5.80. The van der Waals surface area contributed by atoms with E-state index >= 15 is 0 Å². The Labute approximate surface area is 140 Å². The second kappa shape index (κ2) is 9.83. The van der Waals surface area contributed by atoms with Crippen molar-refractivity contribution < 1.29 is 4.74 Å². The van der Waals surface area contributed by atoms with Crippen LogP contribution in [0.25, 0.3) is 11.1 Å². The zero-order chi connectivity index (χ0) is 16.3.